The van der Waals surface area contributed by atoms with Crippen molar-refractivity contribution in [1.29, 1.82) is 0 Å². The largest absolute Gasteiger partial charge is 0.507 e. The lowest BCUT2D eigenvalue weighted by molar-refractivity contribution is 0.103. The van der Waals surface area contributed by atoms with Gasteiger partial charge in [-0.05, 0) is 95.1 Å². The number of rotatable bonds is 5. The van der Waals surface area contributed by atoms with E-state index in [-0.39, 0.29) is 11.5 Å². The number of Topliss-reactive ketones (excluding diaryl/α,β-unsaturated/α-hetero) is 1. The topological polar surface area (TPSA) is 47.2 Å². The van der Waals surface area contributed by atoms with Gasteiger partial charge in [0.25, 0.3) is 0 Å². The third kappa shape index (κ3) is 2.58. The van der Waals surface area contributed by atoms with E-state index in [1.807, 2.05) is 6.92 Å². The van der Waals surface area contributed by atoms with E-state index < -0.39 is 0 Å². The van der Waals surface area contributed by atoms with Crippen LogP contribution in [0.5, 0.6) is 0 Å². The number of ketones is 1. The molecule has 1 N–H and O–H groups in total. The fourth-order valence-electron chi connectivity index (χ4n) is 7.62. The fourth-order valence-corrected chi connectivity index (χ4v) is 7.62. The summed E-state index contributed by atoms with van der Waals surface area (Å²) in [6.07, 6.45) is 13.3. The van der Waals surface area contributed by atoms with Crippen LogP contribution < -0.4 is 0 Å². The number of aliphatic hydroxyl groups excluding tert-OH is 1. The summed E-state index contributed by atoms with van der Waals surface area (Å²) in [4.78, 5) is 14.0. The van der Waals surface area contributed by atoms with E-state index in [4.69, 9.17) is 0 Å². The first-order chi connectivity index (χ1) is 15.6. The van der Waals surface area contributed by atoms with Crippen LogP contribution in [0.4, 0.5) is 0 Å². The van der Waals surface area contributed by atoms with Crippen LogP contribution in [0.15, 0.2) is 5.57 Å². The Balaban J connectivity index is 1.49. The highest BCUT2D eigenvalue weighted by Crippen LogP contribution is 2.45. The summed E-state index contributed by atoms with van der Waals surface area (Å²) in [6.45, 7) is 6.23. The molecule has 0 bridgehead atoms. The highest BCUT2D eigenvalue weighted by Gasteiger charge is 2.38. The van der Waals surface area contributed by atoms with Gasteiger partial charge in [0.15, 0.2) is 5.78 Å². The summed E-state index contributed by atoms with van der Waals surface area (Å²) in [7, 11) is 0. The van der Waals surface area contributed by atoms with Crippen molar-refractivity contribution in [3.05, 3.63) is 50.6 Å². The van der Waals surface area contributed by atoms with Gasteiger partial charge in [-0.2, -0.15) is 0 Å². The predicted molar refractivity (Wildman–Crippen MR) is 128 cm³/mol. The Morgan fingerprint density at radius 3 is 1.81 bits per heavy atom. The van der Waals surface area contributed by atoms with E-state index in [0.717, 1.165) is 49.7 Å². The lowest BCUT2D eigenvalue weighted by Gasteiger charge is -2.23. The van der Waals surface area contributed by atoms with Gasteiger partial charge in [0.05, 0.1) is 0 Å². The molecule has 4 aliphatic heterocycles. The van der Waals surface area contributed by atoms with Crippen LogP contribution in [0.3, 0.4) is 0 Å². The molecule has 2 atom stereocenters. The summed E-state index contributed by atoms with van der Waals surface area (Å²) >= 11 is 0. The van der Waals surface area contributed by atoms with Crippen LogP contribution in [-0.4, -0.2) is 20.0 Å². The standard InChI is InChI=1S/C28H36N2O2/c1-4-19-21-10-6-8-17-12-14-23(29(17)21)25(19)27(31)16(3)28(32)26-20(5-2)22-11-7-9-18-13-15-24(26)30(18)22/h17-18,31H,4-15H2,1-3H3/b27-16-/t17-,18-/m1/s1. The molecular formula is C28H36N2O2. The van der Waals surface area contributed by atoms with E-state index in [2.05, 4.69) is 23.0 Å². The van der Waals surface area contributed by atoms with Gasteiger partial charge < -0.3 is 14.2 Å². The number of aromatic nitrogens is 2. The van der Waals surface area contributed by atoms with Crippen molar-refractivity contribution in [3.8, 4) is 0 Å². The number of aliphatic hydroxyl groups is 1. The second kappa shape index (κ2) is 7.40. The number of hydrogen-bond donors (Lipinski definition) is 1. The van der Waals surface area contributed by atoms with Crippen LogP contribution in [0.2, 0.25) is 0 Å². The molecule has 0 spiro atoms. The molecule has 4 nitrogen and oxygen atoms in total. The number of nitrogens with zero attached hydrogens (tertiary/aromatic N) is 2. The first kappa shape index (κ1) is 20.4. The Morgan fingerprint density at radius 2 is 1.28 bits per heavy atom. The van der Waals surface area contributed by atoms with E-state index >= 15 is 0 Å². The molecule has 0 aliphatic carbocycles. The Kier molecular flexibility index (Phi) is 4.71. The van der Waals surface area contributed by atoms with E-state index in [1.165, 1.54) is 72.4 Å². The summed E-state index contributed by atoms with van der Waals surface area (Å²) in [5, 5.41) is 11.6. The molecule has 2 aromatic rings. The molecule has 0 saturated carbocycles. The Morgan fingerprint density at radius 1 is 0.781 bits per heavy atom. The zero-order valence-corrected chi connectivity index (χ0v) is 19.9. The number of carbonyl (C=O) groups excluding carboxylic acids is 1. The Labute approximate surface area is 191 Å². The zero-order valence-electron chi connectivity index (χ0n) is 19.9. The van der Waals surface area contributed by atoms with Crippen molar-refractivity contribution in [2.24, 2.45) is 0 Å². The molecule has 6 heterocycles. The Bertz CT molecular complexity index is 1150. The average molecular weight is 433 g/mol. The van der Waals surface area contributed by atoms with Gasteiger partial charge in [-0.25, -0.2) is 0 Å². The van der Waals surface area contributed by atoms with Gasteiger partial charge in [-0.15, -0.1) is 0 Å². The third-order valence-corrected chi connectivity index (χ3v) is 8.97. The molecule has 0 saturated heterocycles. The summed E-state index contributed by atoms with van der Waals surface area (Å²) in [5.41, 5.74) is 10.3. The minimum Gasteiger partial charge on any atom is -0.507 e. The molecular weight excluding hydrogens is 396 g/mol. The van der Waals surface area contributed by atoms with Crippen molar-refractivity contribution in [1.82, 2.24) is 9.13 Å². The van der Waals surface area contributed by atoms with Crippen LogP contribution >= 0.6 is 0 Å². The van der Waals surface area contributed by atoms with Crippen molar-refractivity contribution in [2.45, 2.75) is 110 Å². The normalized spacial score (nSPS) is 23.8. The van der Waals surface area contributed by atoms with Gasteiger partial charge in [-0.3, -0.25) is 4.79 Å². The van der Waals surface area contributed by atoms with Crippen molar-refractivity contribution >= 4 is 11.5 Å². The molecule has 0 amide bonds. The number of allylic oxidation sites excluding steroid dienone is 1. The number of hydrogen-bond acceptors (Lipinski definition) is 2. The van der Waals surface area contributed by atoms with Gasteiger partial charge in [0, 0.05) is 51.6 Å². The number of carbonyl (C=O) groups is 1. The molecule has 170 valence electrons. The summed E-state index contributed by atoms with van der Waals surface area (Å²) in [6, 6.07) is 1.18. The van der Waals surface area contributed by atoms with E-state index in [9.17, 15) is 9.90 Å². The summed E-state index contributed by atoms with van der Waals surface area (Å²) in [5.74, 6) is 0.308. The molecule has 32 heavy (non-hydrogen) atoms. The molecule has 2 aromatic heterocycles. The van der Waals surface area contributed by atoms with Gasteiger partial charge >= 0.3 is 0 Å². The fraction of sp³-hybridized carbons (Fsp3) is 0.607. The molecule has 0 unspecified atom stereocenters. The van der Waals surface area contributed by atoms with Gasteiger partial charge in [0.2, 0.25) is 0 Å². The molecule has 4 heteroatoms. The SMILES string of the molecule is CCc1c(C(=O)/C(C)=C(\O)c2c(CC)c3n4c2CC[C@H]4CCC3)c2n3c1CCC[C@@H]3CC2. The maximum Gasteiger partial charge on any atom is 0.194 e. The van der Waals surface area contributed by atoms with Crippen LogP contribution in [0.25, 0.3) is 5.76 Å². The smallest absolute Gasteiger partial charge is 0.194 e. The highest BCUT2D eigenvalue weighted by molar-refractivity contribution is 6.14. The third-order valence-electron chi connectivity index (χ3n) is 8.97. The second-order valence-electron chi connectivity index (χ2n) is 10.4. The van der Waals surface area contributed by atoms with Gasteiger partial charge in [0.1, 0.15) is 5.76 Å². The molecule has 0 fully saturated rings. The summed E-state index contributed by atoms with van der Waals surface area (Å²) < 4.78 is 5.04. The monoisotopic (exact) mass is 432 g/mol. The lowest BCUT2D eigenvalue weighted by atomic mass is 9.90. The first-order valence-corrected chi connectivity index (χ1v) is 13.0. The van der Waals surface area contributed by atoms with Crippen molar-refractivity contribution < 1.29 is 9.90 Å². The van der Waals surface area contributed by atoms with Crippen molar-refractivity contribution in [3.63, 3.8) is 0 Å². The van der Waals surface area contributed by atoms with Crippen LogP contribution in [0.1, 0.15) is 121 Å². The van der Waals surface area contributed by atoms with Crippen LogP contribution in [-0.2, 0) is 38.5 Å². The minimum atomic E-state index is 0.0601. The van der Waals surface area contributed by atoms with Gasteiger partial charge in [-0.1, -0.05) is 13.8 Å². The maximum absolute atomic E-state index is 14.0. The lowest BCUT2D eigenvalue weighted by Crippen LogP contribution is -2.14. The average Bonchev–Trinajstić information content (AvgIpc) is 3.57. The molecule has 0 radical (unpaired) electrons. The first-order valence-electron chi connectivity index (χ1n) is 13.0. The van der Waals surface area contributed by atoms with E-state index in [1.54, 1.807) is 0 Å². The molecule has 4 aliphatic rings. The molecule has 6 rings (SSSR count). The quantitative estimate of drug-likeness (QED) is 0.346. The van der Waals surface area contributed by atoms with Crippen molar-refractivity contribution in [2.75, 3.05) is 0 Å². The maximum atomic E-state index is 14.0. The highest BCUT2D eigenvalue weighted by atomic mass is 16.3. The minimum absolute atomic E-state index is 0.0601. The Hall–Kier alpha value is -2.23. The van der Waals surface area contributed by atoms with E-state index in [0.29, 0.717) is 17.7 Å². The predicted octanol–water partition coefficient (Wildman–Crippen LogP) is 6.23. The second-order valence-corrected chi connectivity index (χ2v) is 10.4. The molecule has 0 aromatic carbocycles. The zero-order chi connectivity index (χ0) is 22.1. The van der Waals surface area contributed by atoms with Crippen LogP contribution in [0, 0.1) is 0 Å².